The minimum Gasteiger partial charge on any atom is -0.457 e. The predicted octanol–water partition coefficient (Wildman–Crippen LogP) is 6.49. The van der Waals surface area contributed by atoms with E-state index in [4.69, 9.17) is 4.74 Å². The van der Waals surface area contributed by atoms with Gasteiger partial charge in [0.2, 0.25) is 0 Å². The molecule has 0 aliphatic carbocycles. The molecular weight excluding hydrogens is 417 g/mol. The number of hydrogen-bond acceptors (Lipinski definition) is 3. The fourth-order valence-corrected chi connectivity index (χ4v) is 3.49. The molecule has 5 nitrogen and oxygen atoms in total. The van der Waals surface area contributed by atoms with Crippen LogP contribution in [0.4, 0.5) is 10.1 Å². The van der Waals surface area contributed by atoms with Gasteiger partial charge in [0.1, 0.15) is 23.0 Å². The van der Waals surface area contributed by atoms with Crippen LogP contribution in [0.1, 0.15) is 15.9 Å². The third-order valence-electron chi connectivity index (χ3n) is 5.20. The van der Waals surface area contributed by atoms with E-state index in [-0.39, 0.29) is 11.7 Å². The SMILES string of the molecule is Cc1ccn2cc(-c3ccc(NC(=O)c4cccc(Oc5ccc(F)cc5)c4)cc3)nc2c1. The van der Waals surface area contributed by atoms with Gasteiger partial charge in [0, 0.05) is 29.2 Å². The number of aryl methyl sites for hydroxylation is 1. The summed E-state index contributed by atoms with van der Waals surface area (Å²) in [5.41, 5.74) is 5.01. The number of fused-ring (bicyclic) bond motifs is 1. The van der Waals surface area contributed by atoms with Gasteiger partial charge in [-0.25, -0.2) is 9.37 Å². The topological polar surface area (TPSA) is 55.6 Å². The number of carbonyl (C=O) groups is 1. The number of benzene rings is 3. The maximum absolute atomic E-state index is 13.1. The monoisotopic (exact) mass is 437 g/mol. The van der Waals surface area contributed by atoms with Crippen LogP contribution in [-0.2, 0) is 0 Å². The van der Waals surface area contributed by atoms with E-state index in [0.29, 0.717) is 22.7 Å². The summed E-state index contributed by atoms with van der Waals surface area (Å²) in [5, 5.41) is 2.90. The summed E-state index contributed by atoms with van der Waals surface area (Å²) in [4.78, 5) is 17.4. The second-order valence-electron chi connectivity index (χ2n) is 7.71. The van der Waals surface area contributed by atoms with Crippen LogP contribution in [0.15, 0.2) is 97.3 Å². The molecule has 0 fully saturated rings. The van der Waals surface area contributed by atoms with Gasteiger partial charge in [-0.15, -0.1) is 0 Å². The summed E-state index contributed by atoms with van der Waals surface area (Å²) < 4.78 is 20.8. The smallest absolute Gasteiger partial charge is 0.255 e. The number of aromatic nitrogens is 2. The number of imidazole rings is 1. The van der Waals surface area contributed by atoms with Crippen LogP contribution in [-0.4, -0.2) is 15.3 Å². The fourth-order valence-electron chi connectivity index (χ4n) is 3.49. The van der Waals surface area contributed by atoms with Gasteiger partial charge in [0.15, 0.2) is 0 Å². The Balaban J connectivity index is 1.29. The van der Waals surface area contributed by atoms with Crippen LogP contribution in [0, 0.1) is 12.7 Å². The molecule has 5 rings (SSSR count). The quantitative estimate of drug-likeness (QED) is 0.342. The molecule has 0 unspecified atom stereocenters. The molecule has 0 atom stereocenters. The Morgan fingerprint density at radius 2 is 1.73 bits per heavy atom. The molecule has 0 aliphatic heterocycles. The van der Waals surface area contributed by atoms with Gasteiger partial charge in [0.05, 0.1) is 5.69 Å². The Kier molecular flexibility index (Phi) is 5.32. The minimum atomic E-state index is -0.335. The lowest BCUT2D eigenvalue weighted by Gasteiger charge is -2.09. The lowest BCUT2D eigenvalue weighted by molar-refractivity contribution is 0.102. The molecule has 2 aromatic heterocycles. The van der Waals surface area contributed by atoms with Crippen molar-refractivity contribution >= 4 is 17.2 Å². The molecule has 3 aromatic carbocycles. The standard InChI is InChI=1S/C27H20FN3O2/c1-18-13-14-31-17-25(30-26(31)15-18)19-5-9-22(10-6-19)29-27(32)20-3-2-4-24(16-20)33-23-11-7-21(28)8-12-23/h2-17H,1H3,(H,29,32). The van der Waals surface area contributed by atoms with Crippen LogP contribution in [0.25, 0.3) is 16.9 Å². The molecule has 162 valence electrons. The zero-order chi connectivity index (χ0) is 22.8. The van der Waals surface area contributed by atoms with Gasteiger partial charge < -0.3 is 14.5 Å². The molecule has 1 N–H and O–H groups in total. The first kappa shape index (κ1) is 20.5. The number of anilines is 1. The molecule has 0 aliphatic rings. The van der Waals surface area contributed by atoms with Crippen LogP contribution >= 0.6 is 0 Å². The Labute approximate surface area is 190 Å². The number of pyridine rings is 1. The first-order valence-electron chi connectivity index (χ1n) is 10.4. The lowest BCUT2D eigenvalue weighted by atomic mass is 10.1. The molecule has 1 amide bonds. The third-order valence-corrected chi connectivity index (χ3v) is 5.20. The van der Waals surface area contributed by atoms with Crippen molar-refractivity contribution in [1.29, 1.82) is 0 Å². The largest absolute Gasteiger partial charge is 0.457 e. The van der Waals surface area contributed by atoms with Crippen molar-refractivity contribution in [3.8, 4) is 22.8 Å². The maximum atomic E-state index is 13.1. The highest BCUT2D eigenvalue weighted by atomic mass is 19.1. The second-order valence-corrected chi connectivity index (χ2v) is 7.71. The van der Waals surface area contributed by atoms with Crippen LogP contribution in [0.2, 0.25) is 0 Å². The van der Waals surface area contributed by atoms with Crippen molar-refractivity contribution in [1.82, 2.24) is 9.38 Å². The van der Waals surface area contributed by atoms with E-state index in [1.165, 1.54) is 24.3 Å². The molecule has 33 heavy (non-hydrogen) atoms. The lowest BCUT2D eigenvalue weighted by Crippen LogP contribution is -2.11. The summed E-state index contributed by atoms with van der Waals surface area (Å²) in [6.45, 7) is 2.04. The Morgan fingerprint density at radius 3 is 2.52 bits per heavy atom. The van der Waals surface area contributed by atoms with Crippen molar-refractivity contribution in [3.63, 3.8) is 0 Å². The highest BCUT2D eigenvalue weighted by molar-refractivity contribution is 6.04. The average molecular weight is 437 g/mol. The molecule has 2 heterocycles. The maximum Gasteiger partial charge on any atom is 0.255 e. The summed E-state index contributed by atoms with van der Waals surface area (Å²) in [6, 6.07) is 24.2. The van der Waals surface area contributed by atoms with Crippen LogP contribution < -0.4 is 10.1 Å². The molecule has 0 radical (unpaired) electrons. The summed E-state index contributed by atoms with van der Waals surface area (Å²) in [5.74, 6) is 0.395. The highest BCUT2D eigenvalue weighted by Gasteiger charge is 2.09. The van der Waals surface area contributed by atoms with Crippen molar-refractivity contribution < 1.29 is 13.9 Å². The van der Waals surface area contributed by atoms with Gasteiger partial charge in [-0.05, 0) is 79.2 Å². The number of ether oxygens (including phenoxy) is 1. The van der Waals surface area contributed by atoms with Gasteiger partial charge in [-0.2, -0.15) is 0 Å². The van der Waals surface area contributed by atoms with Gasteiger partial charge in [-0.1, -0.05) is 18.2 Å². The number of rotatable bonds is 5. The first-order chi connectivity index (χ1) is 16.0. The van der Waals surface area contributed by atoms with E-state index >= 15 is 0 Å². The van der Waals surface area contributed by atoms with Crippen molar-refractivity contribution in [2.75, 3.05) is 5.32 Å². The van der Waals surface area contributed by atoms with Crippen molar-refractivity contribution in [2.45, 2.75) is 6.92 Å². The van der Waals surface area contributed by atoms with E-state index in [1.807, 2.05) is 60.1 Å². The fraction of sp³-hybridized carbons (Fsp3) is 0.0370. The highest BCUT2D eigenvalue weighted by Crippen LogP contribution is 2.24. The van der Waals surface area contributed by atoms with E-state index < -0.39 is 0 Å². The molecule has 5 aromatic rings. The molecule has 0 saturated heterocycles. The predicted molar refractivity (Wildman–Crippen MR) is 126 cm³/mol. The van der Waals surface area contributed by atoms with Gasteiger partial charge in [-0.3, -0.25) is 4.79 Å². The molecule has 0 spiro atoms. The van der Waals surface area contributed by atoms with Crippen molar-refractivity contribution in [3.05, 3.63) is 114 Å². The Bertz CT molecular complexity index is 1440. The number of carbonyl (C=O) groups excluding carboxylic acids is 1. The second kappa shape index (κ2) is 8.59. The number of amides is 1. The molecule has 6 heteroatoms. The zero-order valence-electron chi connectivity index (χ0n) is 17.8. The van der Waals surface area contributed by atoms with E-state index in [2.05, 4.69) is 10.3 Å². The minimum absolute atomic E-state index is 0.254. The van der Waals surface area contributed by atoms with Crippen LogP contribution in [0.3, 0.4) is 0 Å². The normalized spacial score (nSPS) is 10.8. The Morgan fingerprint density at radius 1 is 0.939 bits per heavy atom. The summed E-state index contributed by atoms with van der Waals surface area (Å²) in [7, 11) is 0. The van der Waals surface area contributed by atoms with E-state index in [9.17, 15) is 9.18 Å². The van der Waals surface area contributed by atoms with Gasteiger partial charge in [0.25, 0.3) is 5.91 Å². The Hall–Kier alpha value is -4.45. The van der Waals surface area contributed by atoms with E-state index in [1.54, 1.807) is 24.3 Å². The average Bonchev–Trinajstić information content (AvgIpc) is 3.24. The number of halogens is 1. The molecule has 0 saturated carbocycles. The van der Waals surface area contributed by atoms with E-state index in [0.717, 1.165) is 22.5 Å². The third kappa shape index (κ3) is 4.60. The number of hydrogen-bond donors (Lipinski definition) is 1. The molecular formula is C27H20FN3O2. The zero-order valence-corrected chi connectivity index (χ0v) is 17.8. The van der Waals surface area contributed by atoms with Gasteiger partial charge >= 0.3 is 0 Å². The first-order valence-corrected chi connectivity index (χ1v) is 10.4. The number of nitrogens with zero attached hydrogens (tertiary/aromatic N) is 2. The summed E-state index contributed by atoms with van der Waals surface area (Å²) in [6.07, 6.45) is 3.97. The summed E-state index contributed by atoms with van der Waals surface area (Å²) >= 11 is 0. The molecule has 0 bridgehead atoms. The van der Waals surface area contributed by atoms with Crippen molar-refractivity contribution in [2.24, 2.45) is 0 Å². The number of nitrogens with one attached hydrogen (secondary N) is 1. The van der Waals surface area contributed by atoms with Crippen LogP contribution in [0.5, 0.6) is 11.5 Å².